The van der Waals surface area contributed by atoms with E-state index in [1.165, 1.54) is 18.5 Å². The van der Waals surface area contributed by atoms with E-state index >= 15 is 0 Å². The SMILES string of the molecule is C=C(C)/C=C\C=C(/C)NCCCC. The molecule has 0 aromatic heterocycles. The zero-order valence-electron chi connectivity index (χ0n) is 9.06. The molecule has 0 aromatic carbocycles. The molecule has 0 bridgehead atoms. The van der Waals surface area contributed by atoms with E-state index in [1.807, 2.05) is 19.1 Å². The predicted octanol–water partition coefficient (Wildman–Crippen LogP) is 3.41. The van der Waals surface area contributed by atoms with Gasteiger partial charge in [-0.05, 0) is 26.3 Å². The van der Waals surface area contributed by atoms with E-state index in [0.717, 1.165) is 12.1 Å². The minimum absolute atomic E-state index is 1.07. The normalized spacial score (nSPS) is 12.1. The molecule has 0 atom stereocenters. The van der Waals surface area contributed by atoms with Crippen molar-refractivity contribution in [1.82, 2.24) is 5.32 Å². The Hall–Kier alpha value is -0.980. The van der Waals surface area contributed by atoms with E-state index in [0.29, 0.717) is 0 Å². The van der Waals surface area contributed by atoms with Gasteiger partial charge in [0.25, 0.3) is 0 Å². The maximum Gasteiger partial charge on any atom is 0.0143 e. The highest BCUT2D eigenvalue weighted by Crippen LogP contribution is 1.93. The number of hydrogen-bond donors (Lipinski definition) is 1. The lowest BCUT2D eigenvalue weighted by Crippen LogP contribution is -2.11. The summed E-state index contributed by atoms with van der Waals surface area (Å²) < 4.78 is 0. The van der Waals surface area contributed by atoms with Crippen LogP contribution in [0.25, 0.3) is 0 Å². The summed E-state index contributed by atoms with van der Waals surface area (Å²) in [6.07, 6.45) is 8.57. The van der Waals surface area contributed by atoms with Crippen LogP contribution in [-0.2, 0) is 0 Å². The topological polar surface area (TPSA) is 12.0 Å². The van der Waals surface area contributed by atoms with E-state index in [9.17, 15) is 0 Å². The van der Waals surface area contributed by atoms with E-state index < -0.39 is 0 Å². The van der Waals surface area contributed by atoms with E-state index in [4.69, 9.17) is 0 Å². The molecule has 1 N–H and O–H groups in total. The summed E-state index contributed by atoms with van der Waals surface area (Å²) in [4.78, 5) is 0. The van der Waals surface area contributed by atoms with E-state index in [-0.39, 0.29) is 0 Å². The molecule has 74 valence electrons. The molecule has 0 radical (unpaired) electrons. The van der Waals surface area contributed by atoms with Crippen LogP contribution >= 0.6 is 0 Å². The van der Waals surface area contributed by atoms with Crippen molar-refractivity contribution in [2.75, 3.05) is 6.54 Å². The van der Waals surface area contributed by atoms with Crippen LogP contribution in [0.3, 0.4) is 0 Å². The Morgan fingerprint density at radius 3 is 2.62 bits per heavy atom. The van der Waals surface area contributed by atoms with Crippen LogP contribution in [-0.4, -0.2) is 6.54 Å². The molecule has 13 heavy (non-hydrogen) atoms. The first-order chi connectivity index (χ1) is 6.16. The van der Waals surface area contributed by atoms with Crippen LogP contribution in [0.2, 0.25) is 0 Å². The van der Waals surface area contributed by atoms with Gasteiger partial charge in [0.1, 0.15) is 0 Å². The van der Waals surface area contributed by atoms with Gasteiger partial charge >= 0.3 is 0 Å². The van der Waals surface area contributed by atoms with Crippen molar-refractivity contribution in [1.29, 1.82) is 0 Å². The predicted molar refractivity (Wildman–Crippen MR) is 60.6 cm³/mol. The molecule has 0 saturated heterocycles. The van der Waals surface area contributed by atoms with Gasteiger partial charge in [-0.2, -0.15) is 0 Å². The Morgan fingerprint density at radius 2 is 2.08 bits per heavy atom. The fourth-order valence-corrected chi connectivity index (χ4v) is 0.878. The zero-order valence-corrected chi connectivity index (χ0v) is 9.06. The summed E-state index contributed by atoms with van der Waals surface area (Å²) in [6.45, 7) is 11.1. The molecule has 0 aliphatic carbocycles. The quantitative estimate of drug-likeness (QED) is 0.486. The summed E-state index contributed by atoms with van der Waals surface area (Å²) in [5.41, 5.74) is 2.29. The summed E-state index contributed by atoms with van der Waals surface area (Å²) >= 11 is 0. The highest BCUT2D eigenvalue weighted by atomic mass is 14.9. The monoisotopic (exact) mass is 179 g/mol. The molecular weight excluding hydrogens is 158 g/mol. The minimum atomic E-state index is 1.07. The Morgan fingerprint density at radius 1 is 1.38 bits per heavy atom. The lowest BCUT2D eigenvalue weighted by atomic mass is 10.3. The first-order valence-corrected chi connectivity index (χ1v) is 4.91. The van der Waals surface area contributed by atoms with Crippen molar-refractivity contribution in [3.8, 4) is 0 Å². The molecule has 0 unspecified atom stereocenters. The molecule has 0 aliphatic heterocycles. The lowest BCUT2D eigenvalue weighted by Gasteiger charge is -2.03. The summed E-state index contributed by atoms with van der Waals surface area (Å²) in [7, 11) is 0. The maximum atomic E-state index is 3.79. The Bertz CT molecular complexity index is 199. The van der Waals surface area contributed by atoms with E-state index in [2.05, 4.69) is 31.8 Å². The molecule has 0 rings (SSSR count). The fourth-order valence-electron chi connectivity index (χ4n) is 0.878. The molecule has 0 heterocycles. The number of unbranched alkanes of at least 4 members (excludes halogenated alkanes) is 1. The molecule has 0 fully saturated rings. The average molecular weight is 179 g/mol. The van der Waals surface area contributed by atoms with Gasteiger partial charge in [-0.1, -0.05) is 37.6 Å². The molecule has 0 spiro atoms. The van der Waals surface area contributed by atoms with Crippen LogP contribution in [0.1, 0.15) is 33.6 Å². The van der Waals surface area contributed by atoms with Crippen molar-refractivity contribution >= 4 is 0 Å². The van der Waals surface area contributed by atoms with Crippen LogP contribution in [0, 0.1) is 0 Å². The number of allylic oxidation sites excluding steroid dienone is 5. The second kappa shape index (κ2) is 7.66. The Labute approximate surface area is 82.2 Å². The van der Waals surface area contributed by atoms with Crippen molar-refractivity contribution in [3.63, 3.8) is 0 Å². The van der Waals surface area contributed by atoms with Crippen molar-refractivity contribution < 1.29 is 0 Å². The number of nitrogens with one attached hydrogen (secondary N) is 1. The molecule has 0 aliphatic rings. The Kier molecular flexibility index (Phi) is 7.08. The van der Waals surface area contributed by atoms with Crippen molar-refractivity contribution in [2.24, 2.45) is 0 Å². The first kappa shape index (κ1) is 12.0. The van der Waals surface area contributed by atoms with Crippen LogP contribution < -0.4 is 5.32 Å². The third kappa shape index (κ3) is 8.93. The summed E-state index contributed by atoms with van der Waals surface area (Å²) in [5, 5.41) is 3.34. The molecule has 0 amide bonds. The van der Waals surface area contributed by atoms with Crippen LogP contribution in [0.5, 0.6) is 0 Å². The third-order valence-corrected chi connectivity index (χ3v) is 1.66. The lowest BCUT2D eigenvalue weighted by molar-refractivity contribution is 0.710. The standard InChI is InChI=1S/C12H21N/c1-5-6-10-13-12(4)9-7-8-11(2)3/h7-9,13H,2,5-6,10H2,1,3-4H3/b8-7-,12-9+. The van der Waals surface area contributed by atoms with Gasteiger partial charge in [-0.15, -0.1) is 0 Å². The van der Waals surface area contributed by atoms with Gasteiger partial charge < -0.3 is 5.32 Å². The maximum absolute atomic E-state index is 3.79. The minimum Gasteiger partial charge on any atom is -0.389 e. The van der Waals surface area contributed by atoms with E-state index in [1.54, 1.807) is 0 Å². The second-order valence-electron chi connectivity index (χ2n) is 3.34. The molecular formula is C12H21N. The Balaban J connectivity index is 3.68. The number of hydrogen-bond acceptors (Lipinski definition) is 1. The first-order valence-electron chi connectivity index (χ1n) is 4.91. The summed E-state index contributed by atoms with van der Waals surface area (Å²) in [6, 6.07) is 0. The van der Waals surface area contributed by atoms with Gasteiger partial charge in [-0.3, -0.25) is 0 Å². The largest absolute Gasteiger partial charge is 0.389 e. The van der Waals surface area contributed by atoms with Gasteiger partial charge in [0, 0.05) is 12.2 Å². The molecule has 1 nitrogen and oxygen atoms in total. The molecule has 0 saturated carbocycles. The fraction of sp³-hybridized carbons (Fsp3) is 0.500. The number of rotatable bonds is 6. The van der Waals surface area contributed by atoms with Crippen LogP contribution in [0.15, 0.2) is 36.1 Å². The molecule has 0 aromatic rings. The van der Waals surface area contributed by atoms with Crippen molar-refractivity contribution in [3.05, 3.63) is 36.1 Å². The highest BCUT2D eigenvalue weighted by Gasteiger charge is 1.84. The summed E-state index contributed by atoms with van der Waals surface area (Å²) in [5.74, 6) is 0. The van der Waals surface area contributed by atoms with Gasteiger partial charge in [0.2, 0.25) is 0 Å². The van der Waals surface area contributed by atoms with Crippen molar-refractivity contribution in [2.45, 2.75) is 33.6 Å². The van der Waals surface area contributed by atoms with Gasteiger partial charge in [0.15, 0.2) is 0 Å². The molecule has 1 heteroatoms. The van der Waals surface area contributed by atoms with Crippen LogP contribution in [0.4, 0.5) is 0 Å². The third-order valence-electron chi connectivity index (χ3n) is 1.66. The average Bonchev–Trinajstić information content (AvgIpc) is 2.04. The smallest absolute Gasteiger partial charge is 0.0143 e. The second-order valence-corrected chi connectivity index (χ2v) is 3.34. The van der Waals surface area contributed by atoms with Gasteiger partial charge in [0.05, 0.1) is 0 Å². The highest BCUT2D eigenvalue weighted by molar-refractivity contribution is 5.18. The zero-order chi connectivity index (χ0) is 10.1. The van der Waals surface area contributed by atoms with Gasteiger partial charge in [-0.25, -0.2) is 0 Å².